The fourth-order valence-corrected chi connectivity index (χ4v) is 2.99. The molecule has 0 spiro atoms. The molecular formula is C16H18N2OS. The molecule has 1 aromatic heterocycles. The number of nitrogens with zero attached hydrogens (tertiary/aromatic N) is 1. The number of carbonyl (C=O) groups excluding carboxylic acids is 1. The SMILES string of the molecule is Nc1ccc(CC(=O)N(Cc2cccs2)C2CC2)cc1. The van der Waals surface area contributed by atoms with Crippen molar-refractivity contribution < 1.29 is 4.79 Å². The lowest BCUT2D eigenvalue weighted by atomic mass is 10.1. The van der Waals surface area contributed by atoms with Gasteiger partial charge in [-0.3, -0.25) is 4.79 Å². The third-order valence-corrected chi connectivity index (χ3v) is 4.41. The van der Waals surface area contributed by atoms with E-state index in [1.807, 2.05) is 35.2 Å². The number of anilines is 1. The van der Waals surface area contributed by atoms with E-state index in [1.54, 1.807) is 11.3 Å². The molecule has 0 bridgehead atoms. The first-order valence-corrected chi connectivity index (χ1v) is 7.76. The molecule has 1 saturated carbocycles. The number of thiophene rings is 1. The summed E-state index contributed by atoms with van der Waals surface area (Å²) in [5.41, 5.74) is 7.44. The summed E-state index contributed by atoms with van der Waals surface area (Å²) in [7, 11) is 0. The van der Waals surface area contributed by atoms with Crippen LogP contribution in [-0.4, -0.2) is 16.8 Å². The lowest BCUT2D eigenvalue weighted by Gasteiger charge is -2.22. The molecule has 2 aromatic rings. The van der Waals surface area contributed by atoms with Gasteiger partial charge in [0, 0.05) is 16.6 Å². The Balaban J connectivity index is 1.67. The van der Waals surface area contributed by atoms with Crippen LogP contribution in [0.3, 0.4) is 0 Å². The Labute approximate surface area is 123 Å². The number of nitrogens with two attached hydrogens (primary N) is 1. The Morgan fingerprint density at radius 3 is 2.60 bits per heavy atom. The number of carbonyl (C=O) groups is 1. The standard InChI is InChI=1S/C16H18N2OS/c17-13-5-3-12(4-6-13)10-16(19)18(14-7-8-14)11-15-2-1-9-20-15/h1-6,9,14H,7-8,10-11,17H2. The highest BCUT2D eigenvalue weighted by molar-refractivity contribution is 7.09. The number of amides is 1. The molecule has 1 amide bonds. The number of rotatable bonds is 5. The minimum atomic E-state index is 0.214. The monoisotopic (exact) mass is 286 g/mol. The smallest absolute Gasteiger partial charge is 0.227 e. The molecule has 1 aromatic carbocycles. The first-order chi connectivity index (χ1) is 9.72. The molecule has 2 N–H and O–H groups in total. The highest BCUT2D eigenvalue weighted by atomic mass is 32.1. The fourth-order valence-electron chi connectivity index (χ4n) is 2.29. The van der Waals surface area contributed by atoms with Gasteiger partial charge in [-0.1, -0.05) is 18.2 Å². The lowest BCUT2D eigenvalue weighted by molar-refractivity contribution is -0.131. The van der Waals surface area contributed by atoms with Gasteiger partial charge < -0.3 is 10.6 Å². The van der Waals surface area contributed by atoms with Crippen molar-refractivity contribution in [2.75, 3.05) is 5.73 Å². The number of nitrogen functional groups attached to an aromatic ring is 1. The van der Waals surface area contributed by atoms with Crippen molar-refractivity contribution >= 4 is 22.9 Å². The lowest BCUT2D eigenvalue weighted by Crippen LogP contribution is -2.33. The van der Waals surface area contributed by atoms with Gasteiger partial charge in [0.25, 0.3) is 0 Å². The van der Waals surface area contributed by atoms with E-state index >= 15 is 0 Å². The van der Waals surface area contributed by atoms with Gasteiger partial charge in [0.05, 0.1) is 13.0 Å². The third-order valence-electron chi connectivity index (χ3n) is 3.55. The maximum atomic E-state index is 12.5. The van der Waals surface area contributed by atoms with E-state index in [4.69, 9.17) is 5.73 Å². The van der Waals surface area contributed by atoms with Gasteiger partial charge in [0.1, 0.15) is 0 Å². The molecule has 3 rings (SSSR count). The van der Waals surface area contributed by atoms with Gasteiger partial charge in [0.15, 0.2) is 0 Å². The molecule has 0 unspecified atom stereocenters. The normalized spacial score (nSPS) is 14.2. The largest absolute Gasteiger partial charge is 0.399 e. The maximum Gasteiger partial charge on any atom is 0.227 e. The molecule has 0 aliphatic heterocycles. The topological polar surface area (TPSA) is 46.3 Å². The third kappa shape index (κ3) is 3.20. The zero-order valence-corrected chi connectivity index (χ0v) is 12.1. The number of hydrogen-bond acceptors (Lipinski definition) is 3. The molecule has 0 atom stereocenters. The summed E-state index contributed by atoms with van der Waals surface area (Å²) in [6, 6.07) is 12.1. The zero-order valence-electron chi connectivity index (χ0n) is 11.3. The Kier molecular flexibility index (Phi) is 3.74. The molecular weight excluding hydrogens is 268 g/mol. The van der Waals surface area contributed by atoms with Crippen LogP contribution in [0.4, 0.5) is 5.69 Å². The van der Waals surface area contributed by atoms with Crippen LogP contribution >= 0.6 is 11.3 Å². The van der Waals surface area contributed by atoms with E-state index in [0.29, 0.717) is 12.5 Å². The van der Waals surface area contributed by atoms with Gasteiger partial charge in [-0.15, -0.1) is 11.3 Å². The second-order valence-electron chi connectivity index (χ2n) is 5.25. The molecule has 1 heterocycles. The van der Waals surface area contributed by atoms with Crippen molar-refractivity contribution in [2.45, 2.75) is 31.8 Å². The predicted molar refractivity (Wildman–Crippen MR) is 82.4 cm³/mol. The van der Waals surface area contributed by atoms with E-state index < -0.39 is 0 Å². The summed E-state index contributed by atoms with van der Waals surface area (Å²) in [6.07, 6.45) is 2.74. The minimum Gasteiger partial charge on any atom is -0.399 e. The molecule has 3 nitrogen and oxygen atoms in total. The second kappa shape index (κ2) is 5.67. The molecule has 104 valence electrons. The zero-order chi connectivity index (χ0) is 13.9. The average molecular weight is 286 g/mol. The first-order valence-electron chi connectivity index (χ1n) is 6.88. The quantitative estimate of drug-likeness (QED) is 0.859. The van der Waals surface area contributed by atoms with Crippen LogP contribution in [0, 0.1) is 0 Å². The van der Waals surface area contributed by atoms with Crippen LogP contribution in [0.2, 0.25) is 0 Å². The van der Waals surface area contributed by atoms with Gasteiger partial charge in [-0.05, 0) is 42.0 Å². The Morgan fingerprint density at radius 1 is 1.25 bits per heavy atom. The highest BCUT2D eigenvalue weighted by Gasteiger charge is 2.32. The summed E-state index contributed by atoms with van der Waals surface area (Å²) >= 11 is 1.71. The van der Waals surface area contributed by atoms with E-state index in [9.17, 15) is 4.79 Å². The van der Waals surface area contributed by atoms with Crippen molar-refractivity contribution in [2.24, 2.45) is 0 Å². The van der Waals surface area contributed by atoms with Crippen LogP contribution in [0.1, 0.15) is 23.3 Å². The number of benzene rings is 1. The Morgan fingerprint density at radius 2 is 2.00 bits per heavy atom. The van der Waals surface area contributed by atoms with Crippen LogP contribution in [0.25, 0.3) is 0 Å². The minimum absolute atomic E-state index is 0.214. The van der Waals surface area contributed by atoms with E-state index in [1.165, 1.54) is 4.88 Å². The van der Waals surface area contributed by atoms with E-state index in [-0.39, 0.29) is 5.91 Å². The van der Waals surface area contributed by atoms with Crippen molar-refractivity contribution in [3.8, 4) is 0 Å². The summed E-state index contributed by atoms with van der Waals surface area (Å²) < 4.78 is 0. The molecule has 0 saturated heterocycles. The van der Waals surface area contributed by atoms with Crippen molar-refractivity contribution in [1.82, 2.24) is 4.90 Å². The van der Waals surface area contributed by atoms with Crippen molar-refractivity contribution in [3.63, 3.8) is 0 Å². The fraction of sp³-hybridized carbons (Fsp3) is 0.312. The predicted octanol–water partition coefficient (Wildman–Crippen LogP) is 3.06. The van der Waals surface area contributed by atoms with Gasteiger partial charge in [-0.25, -0.2) is 0 Å². The summed E-state index contributed by atoms with van der Waals surface area (Å²) in [6.45, 7) is 0.746. The van der Waals surface area contributed by atoms with E-state index in [0.717, 1.165) is 30.6 Å². The van der Waals surface area contributed by atoms with Crippen LogP contribution in [0.15, 0.2) is 41.8 Å². The summed E-state index contributed by atoms with van der Waals surface area (Å²) in [5.74, 6) is 0.214. The molecule has 1 aliphatic carbocycles. The molecule has 1 fully saturated rings. The summed E-state index contributed by atoms with van der Waals surface area (Å²) in [4.78, 5) is 15.8. The molecule has 1 aliphatic rings. The van der Waals surface area contributed by atoms with Crippen LogP contribution in [0.5, 0.6) is 0 Å². The second-order valence-corrected chi connectivity index (χ2v) is 6.28. The Hall–Kier alpha value is -1.81. The Bertz CT molecular complexity index is 573. The highest BCUT2D eigenvalue weighted by Crippen LogP contribution is 2.29. The van der Waals surface area contributed by atoms with Crippen LogP contribution in [-0.2, 0) is 17.8 Å². The first kappa shape index (κ1) is 13.2. The van der Waals surface area contributed by atoms with Gasteiger partial charge in [-0.2, -0.15) is 0 Å². The number of hydrogen-bond donors (Lipinski definition) is 1. The maximum absolute atomic E-state index is 12.5. The van der Waals surface area contributed by atoms with Gasteiger partial charge in [0.2, 0.25) is 5.91 Å². The van der Waals surface area contributed by atoms with Crippen LogP contribution < -0.4 is 5.73 Å². The molecule has 20 heavy (non-hydrogen) atoms. The summed E-state index contributed by atoms with van der Waals surface area (Å²) in [5, 5.41) is 2.06. The van der Waals surface area contributed by atoms with Gasteiger partial charge >= 0.3 is 0 Å². The molecule has 0 radical (unpaired) electrons. The van der Waals surface area contributed by atoms with Crippen molar-refractivity contribution in [3.05, 3.63) is 52.2 Å². The van der Waals surface area contributed by atoms with Crippen molar-refractivity contribution in [1.29, 1.82) is 0 Å². The average Bonchev–Trinajstić information content (AvgIpc) is 3.15. The van der Waals surface area contributed by atoms with E-state index in [2.05, 4.69) is 11.4 Å². The molecule has 4 heteroatoms.